The van der Waals surface area contributed by atoms with E-state index in [1.165, 1.54) is 0 Å². The van der Waals surface area contributed by atoms with Crippen LogP contribution in [0.1, 0.15) is 30.7 Å². The minimum atomic E-state index is 0.122. The van der Waals surface area contributed by atoms with Crippen LogP contribution in [0.25, 0.3) is 0 Å². The molecule has 1 saturated heterocycles. The lowest BCUT2D eigenvalue weighted by atomic mass is 10.3. The Hall–Kier alpha value is -1.00. The Kier molecular flexibility index (Phi) is 5.11. The van der Waals surface area contributed by atoms with Gasteiger partial charge in [-0.15, -0.1) is 0 Å². The van der Waals surface area contributed by atoms with E-state index in [1.54, 1.807) is 13.8 Å². The summed E-state index contributed by atoms with van der Waals surface area (Å²) in [6.07, 6.45) is 2.52. The van der Waals surface area contributed by atoms with E-state index in [4.69, 9.17) is 27.9 Å². The van der Waals surface area contributed by atoms with Gasteiger partial charge in [-0.3, -0.25) is 9.78 Å². The number of rotatable bonds is 4. The van der Waals surface area contributed by atoms with Crippen LogP contribution in [-0.2, 0) is 4.79 Å². The SMILES string of the molecule is Cc1nc(C)c(Cl)c(OCCC(=O)N2CCCC2)c1Cl. The number of halogens is 2. The van der Waals surface area contributed by atoms with Crippen LogP contribution >= 0.6 is 23.2 Å². The number of hydrogen-bond donors (Lipinski definition) is 0. The summed E-state index contributed by atoms with van der Waals surface area (Å²) in [5.74, 6) is 0.546. The molecule has 0 aromatic carbocycles. The van der Waals surface area contributed by atoms with Gasteiger partial charge in [0.1, 0.15) is 10.0 Å². The monoisotopic (exact) mass is 316 g/mol. The third-order valence-corrected chi connectivity index (χ3v) is 4.28. The van der Waals surface area contributed by atoms with Gasteiger partial charge in [0.15, 0.2) is 5.75 Å². The minimum absolute atomic E-state index is 0.122. The summed E-state index contributed by atoms with van der Waals surface area (Å²) in [6, 6.07) is 0. The Balaban J connectivity index is 1.95. The first-order chi connectivity index (χ1) is 9.50. The van der Waals surface area contributed by atoms with E-state index in [2.05, 4.69) is 4.98 Å². The van der Waals surface area contributed by atoms with Crippen molar-refractivity contribution < 1.29 is 9.53 Å². The van der Waals surface area contributed by atoms with Crippen LogP contribution in [0.2, 0.25) is 10.0 Å². The normalized spacial score (nSPS) is 14.7. The molecule has 110 valence electrons. The molecule has 1 amide bonds. The molecule has 2 heterocycles. The van der Waals surface area contributed by atoms with Gasteiger partial charge < -0.3 is 9.64 Å². The smallest absolute Gasteiger partial charge is 0.225 e. The molecule has 0 bridgehead atoms. The fourth-order valence-corrected chi connectivity index (χ4v) is 2.70. The van der Waals surface area contributed by atoms with Gasteiger partial charge in [-0.25, -0.2) is 0 Å². The van der Waals surface area contributed by atoms with Crippen molar-refractivity contribution in [2.75, 3.05) is 19.7 Å². The Morgan fingerprint density at radius 1 is 1.20 bits per heavy atom. The zero-order valence-corrected chi connectivity index (χ0v) is 13.2. The first kappa shape index (κ1) is 15.4. The molecular formula is C14H18Cl2N2O2. The molecule has 1 aromatic heterocycles. The number of carbonyl (C=O) groups is 1. The molecule has 4 nitrogen and oxygen atoms in total. The van der Waals surface area contributed by atoms with Crippen molar-refractivity contribution >= 4 is 29.1 Å². The maximum absolute atomic E-state index is 11.9. The highest BCUT2D eigenvalue weighted by Gasteiger charge is 2.19. The molecule has 0 spiro atoms. The Morgan fingerprint density at radius 2 is 1.75 bits per heavy atom. The highest BCUT2D eigenvalue weighted by molar-refractivity contribution is 6.37. The van der Waals surface area contributed by atoms with Crippen LogP contribution in [-0.4, -0.2) is 35.5 Å². The van der Waals surface area contributed by atoms with Gasteiger partial charge in [-0.1, -0.05) is 23.2 Å². The molecule has 1 aliphatic heterocycles. The van der Waals surface area contributed by atoms with Crippen molar-refractivity contribution in [3.63, 3.8) is 0 Å². The first-order valence-corrected chi connectivity index (χ1v) is 7.49. The van der Waals surface area contributed by atoms with Crippen molar-refractivity contribution in [3.05, 3.63) is 21.4 Å². The number of aromatic nitrogens is 1. The number of pyridine rings is 1. The van der Waals surface area contributed by atoms with Crippen molar-refractivity contribution in [2.24, 2.45) is 0 Å². The van der Waals surface area contributed by atoms with E-state index < -0.39 is 0 Å². The average molecular weight is 317 g/mol. The second-order valence-corrected chi connectivity index (χ2v) is 5.68. The van der Waals surface area contributed by atoms with Crippen LogP contribution < -0.4 is 4.74 Å². The molecule has 0 atom stereocenters. The molecule has 0 saturated carbocycles. The number of ether oxygens (including phenoxy) is 1. The summed E-state index contributed by atoms with van der Waals surface area (Å²) in [5, 5.41) is 0.823. The number of carbonyl (C=O) groups excluding carboxylic acids is 1. The number of hydrogen-bond acceptors (Lipinski definition) is 3. The molecule has 0 radical (unpaired) electrons. The van der Waals surface area contributed by atoms with Crippen molar-refractivity contribution in [3.8, 4) is 5.75 Å². The topological polar surface area (TPSA) is 42.4 Å². The fraction of sp³-hybridized carbons (Fsp3) is 0.571. The summed E-state index contributed by atoms with van der Waals surface area (Å²) >= 11 is 12.3. The van der Waals surface area contributed by atoms with Gasteiger partial charge in [0.2, 0.25) is 5.91 Å². The minimum Gasteiger partial charge on any atom is -0.490 e. The summed E-state index contributed by atoms with van der Waals surface area (Å²) in [4.78, 5) is 18.0. The molecule has 1 aromatic rings. The van der Waals surface area contributed by atoms with Crippen LogP contribution in [0.15, 0.2) is 0 Å². The van der Waals surface area contributed by atoms with Gasteiger partial charge in [0.05, 0.1) is 24.4 Å². The molecule has 0 aliphatic carbocycles. The third kappa shape index (κ3) is 3.36. The van der Waals surface area contributed by atoms with E-state index in [-0.39, 0.29) is 12.5 Å². The molecular weight excluding hydrogens is 299 g/mol. The Bertz CT molecular complexity index is 488. The Labute approximate surface area is 129 Å². The summed E-state index contributed by atoms with van der Waals surface area (Å²) in [6.45, 7) is 5.58. The van der Waals surface area contributed by atoms with Crippen molar-refractivity contribution in [2.45, 2.75) is 33.1 Å². The van der Waals surface area contributed by atoms with E-state index in [1.807, 2.05) is 4.90 Å². The zero-order chi connectivity index (χ0) is 14.7. The van der Waals surface area contributed by atoms with E-state index in [9.17, 15) is 4.79 Å². The number of aryl methyl sites for hydroxylation is 2. The van der Waals surface area contributed by atoms with Crippen LogP contribution in [0.3, 0.4) is 0 Å². The highest BCUT2D eigenvalue weighted by atomic mass is 35.5. The second-order valence-electron chi connectivity index (χ2n) is 4.93. The quantitative estimate of drug-likeness (QED) is 0.855. The third-order valence-electron chi connectivity index (χ3n) is 3.39. The van der Waals surface area contributed by atoms with Gasteiger partial charge >= 0.3 is 0 Å². The summed E-state index contributed by atoms with van der Waals surface area (Å²) < 4.78 is 5.61. The maximum Gasteiger partial charge on any atom is 0.225 e. The summed E-state index contributed by atoms with van der Waals surface area (Å²) in [7, 11) is 0. The fourth-order valence-electron chi connectivity index (χ4n) is 2.27. The first-order valence-electron chi connectivity index (χ1n) is 6.73. The van der Waals surface area contributed by atoms with Crippen molar-refractivity contribution in [1.82, 2.24) is 9.88 Å². The van der Waals surface area contributed by atoms with Crippen LogP contribution in [0.5, 0.6) is 5.75 Å². The van der Waals surface area contributed by atoms with Gasteiger partial charge in [0, 0.05) is 13.1 Å². The number of amides is 1. The van der Waals surface area contributed by atoms with Gasteiger partial charge in [-0.05, 0) is 26.7 Å². The number of nitrogens with zero attached hydrogens (tertiary/aromatic N) is 2. The molecule has 2 rings (SSSR count). The highest BCUT2D eigenvalue weighted by Crippen LogP contribution is 2.36. The maximum atomic E-state index is 11.9. The molecule has 20 heavy (non-hydrogen) atoms. The van der Waals surface area contributed by atoms with Crippen LogP contribution in [0, 0.1) is 13.8 Å². The molecule has 1 aliphatic rings. The van der Waals surface area contributed by atoms with Gasteiger partial charge in [0.25, 0.3) is 0 Å². The van der Waals surface area contributed by atoms with Crippen LogP contribution in [0.4, 0.5) is 0 Å². The predicted molar refractivity (Wildman–Crippen MR) is 79.7 cm³/mol. The van der Waals surface area contributed by atoms with E-state index >= 15 is 0 Å². The average Bonchev–Trinajstić information content (AvgIpc) is 2.94. The lowest BCUT2D eigenvalue weighted by molar-refractivity contribution is -0.130. The van der Waals surface area contributed by atoms with E-state index in [0.717, 1.165) is 25.9 Å². The summed E-state index contributed by atoms with van der Waals surface area (Å²) in [5.41, 5.74) is 1.35. The second kappa shape index (κ2) is 6.64. The molecule has 0 unspecified atom stereocenters. The Morgan fingerprint density at radius 3 is 2.30 bits per heavy atom. The van der Waals surface area contributed by atoms with Crippen molar-refractivity contribution in [1.29, 1.82) is 0 Å². The largest absolute Gasteiger partial charge is 0.490 e. The molecule has 1 fully saturated rings. The van der Waals surface area contributed by atoms with Gasteiger partial charge in [-0.2, -0.15) is 0 Å². The lowest BCUT2D eigenvalue weighted by Crippen LogP contribution is -2.28. The lowest BCUT2D eigenvalue weighted by Gasteiger charge is -2.16. The predicted octanol–water partition coefficient (Wildman–Crippen LogP) is 3.40. The molecule has 6 heteroatoms. The molecule has 0 N–H and O–H groups in total. The van der Waals surface area contributed by atoms with E-state index in [0.29, 0.717) is 33.6 Å². The standard InChI is InChI=1S/C14H18Cl2N2O2/c1-9-12(15)14(13(16)10(2)17-9)20-8-5-11(19)18-6-3-4-7-18/h3-8H2,1-2H3. The zero-order valence-electron chi connectivity index (χ0n) is 11.7. The number of likely N-dealkylation sites (tertiary alicyclic amines) is 1.